The van der Waals surface area contributed by atoms with Gasteiger partial charge < -0.3 is 25.3 Å². The van der Waals surface area contributed by atoms with Crippen LogP contribution in [0.25, 0.3) is 0 Å². The molecule has 0 saturated heterocycles. The average Bonchev–Trinajstić information content (AvgIpc) is 2.73. The molecule has 178 valence electrons. The second-order valence-electron chi connectivity index (χ2n) is 9.78. The first-order valence-electron chi connectivity index (χ1n) is 11.1. The van der Waals surface area contributed by atoms with E-state index >= 15 is 0 Å². The normalized spacial score (nSPS) is 20.7. The largest absolute Gasteiger partial charge is 0.444 e. The van der Waals surface area contributed by atoms with Crippen molar-refractivity contribution >= 4 is 34.2 Å². The van der Waals surface area contributed by atoms with Gasteiger partial charge in [0.05, 0.1) is 6.61 Å². The number of benzene rings is 1. The molecule has 1 saturated carbocycles. The van der Waals surface area contributed by atoms with E-state index in [9.17, 15) is 19.5 Å². The number of rotatable bonds is 8. The van der Waals surface area contributed by atoms with Gasteiger partial charge in [0.1, 0.15) is 17.4 Å². The number of alkyl carbamates (subject to hydrolysis) is 1. The number of carbonyl (C=O) groups excluding carboxylic acids is 3. The maximum atomic E-state index is 12.9. The summed E-state index contributed by atoms with van der Waals surface area (Å²) in [7, 11) is 0. The number of hydrogen-bond acceptors (Lipinski definition) is 5. The summed E-state index contributed by atoms with van der Waals surface area (Å²) < 4.78 is 6.17. The lowest BCUT2D eigenvalue weighted by molar-refractivity contribution is -0.132. The van der Waals surface area contributed by atoms with Crippen LogP contribution >= 0.6 is 15.9 Å². The quantitative estimate of drug-likeness (QED) is 0.462. The summed E-state index contributed by atoms with van der Waals surface area (Å²) in [6, 6.07) is 5.72. The Labute approximate surface area is 198 Å². The Morgan fingerprint density at radius 3 is 2.41 bits per heavy atom. The lowest BCUT2D eigenvalue weighted by Crippen LogP contribution is -2.56. The summed E-state index contributed by atoms with van der Waals surface area (Å²) in [5.74, 6) is -0.149. The molecule has 0 aliphatic heterocycles. The highest BCUT2D eigenvalue weighted by Crippen LogP contribution is 2.29. The zero-order chi connectivity index (χ0) is 23.9. The zero-order valence-corrected chi connectivity index (χ0v) is 21.0. The molecular formula is C24H35BrN2O5. The molecule has 0 bridgehead atoms. The van der Waals surface area contributed by atoms with Crippen LogP contribution in [0.15, 0.2) is 22.7 Å². The van der Waals surface area contributed by atoms with Crippen LogP contribution in [-0.4, -0.2) is 47.7 Å². The SMILES string of the molecule is Cc1ccc(CC(C=O)(CO)NC(=O)C2CCC(CNC(=O)OC(C)(C)C)CC2)cc1Br. The zero-order valence-electron chi connectivity index (χ0n) is 19.4. The summed E-state index contributed by atoms with van der Waals surface area (Å²) in [4.78, 5) is 36.6. The van der Waals surface area contributed by atoms with Gasteiger partial charge in [0, 0.05) is 23.4 Å². The van der Waals surface area contributed by atoms with Crippen molar-refractivity contribution in [2.75, 3.05) is 13.2 Å². The van der Waals surface area contributed by atoms with Crippen LogP contribution in [0.4, 0.5) is 4.79 Å². The van der Waals surface area contributed by atoms with Crippen molar-refractivity contribution in [3.05, 3.63) is 33.8 Å². The minimum atomic E-state index is -1.35. The molecule has 32 heavy (non-hydrogen) atoms. The van der Waals surface area contributed by atoms with Crippen LogP contribution < -0.4 is 10.6 Å². The van der Waals surface area contributed by atoms with Crippen molar-refractivity contribution in [3.8, 4) is 0 Å². The van der Waals surface area contributed by atoms with E-state index in [-0.39, 0.29) is 24.2 Å². The highest BCUT2D eigenvalue weighted by atomic mass is 79.9. The number of amides is 2. The van der Waals surface area contributed by atoms with Gasteiger partial charge in [-0.2, -0.15) is 0 Å². The number of ether oxygens (including phenoxy) is 1. The molecule has 1 aromatic rings. The molecule has 0 aromatic heterocycles. The van der Waals surface area contributed by atoms with Crippen LogP contribution in [0.5, 0.6) is 0 Å². The Hall–Kier alpha value is -1.93. The topological polar surface area (TPSA) is 105 Å². The third kappa shape index (κ3) is 7.89. The van der Waals surface area contributed by atoms with E-state index in [0.717, 1.165) is 28.4 Å². The van der Waals surface area contributed by atoms with Gasteiger partial charge in [-0.05, 0) is 76.5 Å². The van der Waals surface area contributed by atoms with Gasteiger partial charge in [0.2, 0.25) is 5.91 Å². The maximum Gasteiger partial charge on any atom is 0.407 e. The minimum absolute atomic E-state index is 0.212. The number of aldehydes is 1. The summed E-state index contributed by atoms with van der Waals surface area (Å²) in [6.45, 7) is 7.47. The number of aliphatic hydroxyl groups is 1. The number of aryl methyl sites for hydroxylation is 1. The van der Waals surface area contributed by atoms with E-state index in [1.165, 1.54) is 0 Å². The number of carbonyl (C=O) groups is 3. The van der Waals surface area contributed by atoms with E-state index in [2.05, 4.69) is 26.6 Å². The van der Waals surface area contributed by atoms with Crippen molar-refractivity contribution in [3.63, 3.8) is 0 Å². The van der Waals surface area contributed by atoms with E-state index in [4.69, 9.17) is 4.74 Å². The highest BCUT2D eigenvalue weighted by Gasteiger charge is 2.35. The number of hydrogen-bond donors (Lipinski definition) is 3. The van der Waals surface area contributed by atoms with Crippen LogP contribution in [0.1, 0.15) is 57.6 Å². The fourth-order valence-electron chi connectivity index (χ4n) is 3.88. The van der Waals surface area contributed by atoms with E-state index in [0.29, 0.717) is 25.7 Å². The van der Waals surface area contributed by atoms with Crippen molar-refractivity contribution in [2.45, 2.75) is 70.9 Å². The van der Waals surface area contributed by atoms with Gasteiger partial charge in [-0.3, -0.25) is 4.79 Å². The molecule has 1 aliphatic carbocycles. The smallest absolute Gasteiger partial charge is 0.407 e. The molecule has 0 spiro atoms. The molecule has 7 nitrogen and oxygen atoms in total. The van der Waals surface area contributed by atoms with E-state index < -0.39 is 23.8 Å². The summed E-state index contributed by atoms with van der Waals surface area (Å²) in [6.07, 6.45) is 3.35. The molecule has 1 aromatic carbocycles. The molecular weight excluding hydrogens is 476 g/mol. The van der Waals surface area contributed by atoms with Gasteiger partial charge in [0.25, 0.3) is 0 Å². The van der Waals surface area contributed by atoms with Crippen LogP contribution in [-0.2, 0) is 20.7 Å². The summed E-state index contributed by atoms with van der Waals surface area (Å²) >= 11 is 3.48. The molecule has 3 N–H and O–H groups in total. The Bertz CT molecular complexity index is 815. The lowest BCUT2D eigenvalue weighted by Gasteiger charge is -2.32. The highest BCUT2D eigenvalue weighted by molar-refractivity contribution is 9.10. The number of nitrogens with one attached hydrogen (secondary N) is 2. The predicted molar refractivity (Wildman–Crippen MR) is 126 cm³/mol. The lowest BCUT2D eigenvalue weighted by atomic mass is 9.81. The molecule has 2 amide bonds. The fourth-order valence-corrected chi connectivity index (χ4v) is 4.30. The van der Waals surface area contributed by atoms with Crippen molar-refractivity contribution in [2.24, 2.45) is 11.8 Å². The molecule has 1 unspecified atom stereocenters. The first-order chi connectivity index (χ1) is 15.0. The monoisotopic (exact) mass is 510 g/mol. The standard InChI is InChI=1S/C24H35BrN2O5/c1-16-5-6-18(11-20(16)25)12-24(14-28,15-29)27-21(30)19-9-7-17(8-10-19)13-26-22(31)32-23(2,3)4/h5-6,11,14,17,19,29H,7-10,12-13,15H2,1-4H3,(H,26,31)(H,27,30). The third-order valence-electron chi connectivity index (χ3n) is 5.79. The van der Waals surface area contributed by atoms with E-state index in [1.54, 1.807) is 0 Å². The first kappa shape index (κ1) is 26.3. The van der Waals surface area contributed by atoms with Gasteiger partial charge in [-0.25, -0.2) is 4.79 Å². The van der Waals surface area contributed by atoms with Gasteiger partial charge in [-0.15, -0.1) is 0 Å². The Morgan fingerprint density at radius 2 is 1.88 bits per heavy atom. The Kier molecular flexibility index (Phi) is 9.28. The van der Waals surface area contributed by atoms with Gasteiger partial charge >= 0.3 is 6.09 Å². The minimum Gasteiger partial charge on any atom is -0.444 e. The third-order valence-corrected chi connectivity index (χ3v) is 6.64. The van der Waals surface area contributed by atoms with Crippen LogP contribution in [0.3, 0.4) is 0 Å². The van der Waals surface area contributed by atoms with Crippen LogP contribution in [0.2, 0.25) is 0 Å². The molecule has 0 radical (unpaired) electrons. The summed E-state index contributed by atoms with van der Waals surface area (Å²) in [5, 5.41) is 15.6. The first-order valence-corrected chi connectivity index (χ1v) is 11.9. The molecule has 1 fully saturated rings. The predicted octanol–water partition coefficient (Wildman–Crippen LogP) is 3.68. The maximum absolute atomic E-state index is 12.9. The molecule has 2 rings (SSSR count). The van der Waals surface area contributed by atoms with Gasteiger partial charge in [-0.1, -0.05) is 28.1 Å². The summed E-state index contributed by atoms with van der Waals surface area (Å²) in [5.41, 5.74) is 0.0324. The molecule has 1 atom stereocenters. The molecule has 0 heterocycles. The molecule has 8 heteroatoms. The second kappa shape index (κ2) is 11.3. The van der Waals surface area contributed by atoms with Crippen LogP contribution in [0, 0.1) is 18.8 Å². The van der Waals surface area contributed by atoms with E-state index in [1.807, 2.05) is 45.9 Å². The number of aliphatic hydroxyl groups excluding tert-OH is 1. The number of halogens is 1. The fraction of sp³-hybridized carbons (Fsp3) is 0.625. The van der Waals surface area contributed by atoms with Crippen molar-refractivity contribution in [1.82, 2.24) is 10.6 Å². The molecule has 1 aliphatic rings. The Morgan fingerprint density at radius 1 is 1.22 bits per heavy atom. The second-order valence-corrected chi connectivity index (χ2v) is 10.6. The average molecular weight is 511 g/mol. The van der Waals surface area contributed by atoms with Crippen molar-refractivity contribution < 1.29 is 24.2 Å². The van der Waals surface area contributed by atoms with Gasteiger partial charge in [0.15, 0.2) is 0 Å². The Balaban J connectivity index is 1.88. The van der Waals surface area contributed by atoms with Crippen molar-refractivity contribution in [1.29, 1.82) is 0 Å².